The van der Waals surface area contributed by atoms with Crippen LogP contribution in [0, 0.1) is 0 Å². The van der Waals surface area contributed by atoms with Crippen molar-refractivity contribution in [1.29, 1.82) is 0 Å². The quantitative estimate of drug-likeness (QED) is 0.551. The molecule has 0 radical (unpaired) electrons. The Labute approximate surface area is 163 Å². The van der Waals surface area contributed by atoms with Gasteiger partial charge < -0.3 is 23.4 Å². The third kappa shape index (κ3) is 3.64. The third-order valence-electron chi connectivity index (χ3n) is 5.03. The summed E-state index contributed by atoms with van der Waals surface area (Å²) in [6.07, 6.45) is 11.2. The molecule has 0 aliphatic carbocycles. The lowest BCUT2D eigenvalue weighted by Crippen LogP contribution is -2.27. The van der Waals surface area contributed by atoms with Gasteiger partial charge in [-0.25, -0.2) is 9.97 Å². The van der Waals surface area contributed by atoms with Crippen molar-refractivity contribution in [2.75, 3.05) is 20.3 Å². The average Bonchev–Trinajstić information content (AvgIpc) is 3.11. The van der Waals surface area contributed by atoms with Crippen molar-refractivity contribution in [3.8, 4) is 0 Å². The molecule has 7 heteroatoms. The molecule has 0 bridgehead atoms. The highest BCUT2D eigenvalue weighted by Gasteiger charge is 2.41. The lowest BCUT2D eigenvalue weighted by Gasteiger charge is -2.22. The molecule has 4 aromatic rings. The summed E-state index contributed by atoms with van der Waals surface area (Å²) in [6.45, 7) is 4.92. The van der Waals surface area contributed by atoms with Crippen molar-refractivity contribution in [3.63, 3.8) is 0 Å². The first-order chi connectivity index (χ1) is 13.4. The first-order valence-electron chi connectivity index (χ1n) is 9.13. The number of nitrogens with zero attached hydrogens (tertiary/aromatic N) is 4. The smallest absolute Gasteiger partial charge is 0.137 e. The summed E-state index contributed by atoms with van der Waals surface area (Å²) in [6, 6.07) is 7.89. The number of rotatable bonds is 4. The van der Waals surface area contributed by atoms with Crippen LogP contribution in [0.5, 0.6) is 0 Å². The Balaban J connectivity index is 0.000000138. The molecule has 0 spiro atoms. The van der Waals surface area contributed by atoms with Gasteiger partial charge in [-0.15, -0.1) is 0 Å². The van der Waals surface area contributed by atoms with Gasteiger partial charge in [0.25, 0.3) is 0 Å². The SMILES string of the molecule is CC1(c2ccn3ccnc3c2)CO1.COCC(C)(O)c1ccn2ccnc2c1. The van der Waals surface area contributed by atoms with Gasteiger partial charge in [0.1, 0.15) is 22.5 Å². The first kappa shape index (κ1) is 18.6. The molecule has 1 fully saturated rings. The van der Waals surface area contributed by atoms with Crippen molar-refractivity contribution in [2.45, 2.75) is 25.0 Å². The number of aliphatic hydroxyl groups is 1. The van der Waals surface area contributed by atoms with E-state index in [0.29, 0.717) is 0 Å². The van der Waals surface area contributed by atoms with Crippen LogP contribution in [-0.2, 0) is 20.7 Å². The van der Waals surface area contributed by atoms with Crippen molar-refractivity contribution < 1.29 is 14.6 Å². The predicted molar refractivity (Wildman–Crippen MR) is 105 cm³/mol. The topological polar surface area (TPSA) is 76.6 Å². The summed E-state index contributed by atoms with van der Waals surface area (Å²) in [7, 11) is 1.57. The Bertz CT molecular complexity index is 1100. The third-order valence-corrected chi connectivity index (χ3v) is 5.03. The van der Waals surface area contributed by atoms with E-state index >= 15 is 0 Å². The zero-order chi connectivity index (χ0) is 19.8. The maximum Gasteiger partial charge on any atom is 0.137 e. The van der Waals surface area contributed by atoms with E-state index in [0.717, 1.165) is 23.5 Å². The molecule has 4 aromatic heterocycles. The number of aromatic nitrogens is 4. The Kier molecular flexibility index (Phi) is 4.66. The monoisotopic (exact) mass is 380 g/mol. The highest BCUT2D eigenvalue weighted by atomic mass is 16.6. The second-order valence-electron chi connectivity index (χ2n) is 7.44. The number of hydrogen-bond acceptors (Lipinski definition) is 5. The molecule has 0 amide bonds. The fraction of sp³-hybridized carbons (Fsp3) is 0.333. The molecule has 0 aromatic carbocycles. The van der Waals surface area contributed by atoms with Gasteiger partial charge in [-0.3, -0.25) is 0 Å². The minimum atomic E-state index is -0.970. The van der Waals surface area contributed by atoms with Crippen molar-refractivity contribution in [2.24, 2.45) is 0 Å². The molecule has 5 heterocycles. The van der Waals surface area contributed by atoms with E-state index in [1.165, 1.54) is 5.56 Å². The first-order valence-corrected chi connectivity index (χ1v) is 9.13. The largest absolute Gasteiger partial charge is 0.383 e. The van der Waals surface area contributed by atoms with Gasteiger partial charge in [0.15, 0.2) is 0 Å². The van der Waals surface area contributed by atoms with Crippen LogP contribution >= 0.6 is 0 Å². The van der Waals surface area contributed by atoms with Crippen LogP contribution in [0.3, 0.4) is 0 Å². The molecule has 1 aliphatic rings. The predicted octanol–water partition coefficient (Wildman–Crippen LogP) is 2.77. The molecular weight excluding hydrogens is 356 g/mol. The number of hydrogen-bond donors (Lipinski definition) is 1. The summed E-state index contributed by atoms with van der Waals surface area (Å²) in [4.78, 5) is 8.39. The minimum Gasteiger partial charge on any atom is -0.383 e. The van der Waals surface area contributed by atoms with E-state index in [-0.39, 0.29) is 12.2 Å². The average molecular weight is 380 g/mol. The van der Waals surface area contributed by atoms with Crippen LogP contribution in [-0.4, -0.2) is 44.2 Å². The maximum absolute atomic E-state index is 10.1. The minimum absolute atomic E-state index is 0.0479. The summed E-state index contributed by atoms with van der Waals surface area (Å²) < 4.78 is 14.2. The van der Waals surface area contributed by atoms with Crippen LogP contribution in [0.25, 0.3) is 11.3 Å². The molecule has 2 atom stereocenters. The summed E-state index contributed by atoms with van der Waals surface area (Å²) in [5.74, 6) is 0. The Hall–Kier alpha value is -2.74. The van der Waals surface area contributed by atoms with Gasteiger partial charge >= 0.3 is 0 Å². The van der Waals surface area contributed by atoms with Crippen LogP contribution in [0.2, 0.25) is 0 Å². The highest BCUT2D eigenvalue weighted by Crippen LogP contribution is 2.37. The summed E-state index contributed by atoms with van der Waals surface area (Å²) in [5.41, 5.74) is 2.81. The number of imidazole rings is 2. The van der Waals surface area contributed by atoms with Gasteiger partial charge in [0, 0.05) is 44.3 Å². The Morgan fingerprint density at radius 1 is 1.11 bits per heavy atom. The molecule has 2 unspecified atom stereocenters. The van der Waals surface area contributed by atoms with Gasteiger partial charge in [-0.1, -0.05) is 0 Å². The van der Waals surface area contributed by atoms with Crippen molar-refractivity contribution in [1.82, 2.24) is 18.8 Å². The van der Waals surface area contributed by atoms with E-state index in [2.05, 4.69) is 29.0 Å². The number of fused-ring (bicyclic) bond motifs is 2. The van der Waals surface area contributed by atoms with E-state index in [1.54, 1.807) is 26.4 Å². The van der Waals surface area contributed by atoms with Gasteiger partial charge in [0.2, 0.25) is 0 Å². The van der Waals surface area contributed by atoms with E-state index in [4.69, 9.17) is 9.47 Å². The fourth-order valence-corrected chi connectivity index (χ4v) is 3.12. The fourth-order valence-electron chi connectivity index (χ4n) is 3.12. The lowest BCUT2D eigenvalue weighted by molar-refractivity contribution is -0.0208. The molecule has 0 saturated carbocycles. The molecule has 1 saturated heterocycles. The van der Waals surface area contributed by atoms with Crippen LogP contribution in [0.1, 0.15) is 25.0 Å². The van der Waals surface area contributed by atoms with Crippen LogP contribution < -0.4 is 0 Å². The molecule has 5 rings (SSSR count). The number of methoxy groups -OCH3 is 1. The van der Waals surface area contributed by atoms with Crippen molar-refractivity contribution in [3.05, 3.63) is 72.6 Å². The normalized spacial score (nSPS) is 20.6. The molecule has 1 N–H and O–H groups in total. The van der Waals surface area contributed by atoms with E-state index < -0.39 is 5.60 Å². The van der Waals surface area contributed by atoms with Gasteiger partial charge in [-0.05, 0) is 49.2 Å². The van der Waals surface area contributed by atoms with Crippen LogP contribution in [0.15, 0.2) is 61.4 Å². The highest BCUT2D eigenvalue weighted by molar-refractivity contribution is 5.44. The number of epoxide rings is 1. The zero-order valence-corrected chi connectivity index (χ0v) is 16.2. The second-order valence-corrected chi connectivity index (χ2v) is 7.44. The lowest BCUT2D eigenvalue weighted by atomic mass is 9.98. The summed E-state index contributed by atoms with van der Waals surface area (Å²) >= 11 is 0. The molecule has 7 nitrogen and oxygen atoms in total. The van der Waals surface area contributed by atoms with Crippen molar-refractivity contribution >= 4 is 11.3 Å². The standard InChI is InChI=1S/C11H14N2O2.C10H10N2O/c1-11(14,8-15-2)9-3-5-13-6-4-12-10(13)7-9;1-10(7-13-10)8-2-4-12-5-3-11-9(12)6-8/h3-7,14H,8H2,1-2H3;2-6H,7H2,1H3. The van der Waals surface area contributed by atoms with Crippen LogP contribution in [0.4, 0.5) is 0 Å². The number of ether oxygens (including phenoxy) is 2. The van der Waals surface area contributed by atoms with Gasteiger partial charge in [-0.2, -0.15) is 0 Å². The summed E-state index contributed by atoms with van der Waals surface area (Å²) in [5, 5.41) is 10.1. The molecular formula is C21H24N4O3. The molecule has 1 aliphatic heterocycles. The zero-order valence-electron chi connectivity index (χ0n) is 16.2. The Morgan fingerprint density at radius 3 is 2.32 bits per heavy atom. The maximum atomic E-state index is 10.1. The number of pyridine rings is 2. The molecule has 146 valence electrons. The van der Waals surface area contributed by atoms with Gasteiger partial charge in [0.05, 0.1) is 13.2 Å². The van der Waals surface area contributed by atoms with E-state index in [9.17, 15) is 5.11 Å². The molecule has 28 heavy (non-hydrogen) atoms. The second kappa shape index (κ2) is 7.01. The van der Waals surface area contributed by atoms with E-state index in [1.807, 2.05) is 45.7 Å². The Morgan fingerprint density at radius 2 is 1.71 bits per heavy atom.